The fourth-order valence-electron chi connectivity index (χ4n) is 0.798. The number of hydrogen-bond donors (Lipinski definition) is 0. The van der Waals surface area contributed by atoms with Gasteiger partial charge in [0.1, 0.15) is 0 Å². The molecule has 0 radical (unpaired) electrons. The van der Waals surface area contributed by atoms with Gasteiger partial charge in [-0.15, -0.1) is 0 Å². The molecule has 0 saturated carbocycles. The second kappa shape index (κ2) is 4.30. The predicted octanol–water partition coefficient (Wildman–Crippen LogP) is 1.76. The quantitative estimate of drug-likeness (QED) is 0.461. The minimum absolute atomic E-state index is 0.438. The van der Waals surface area contributed by atoms with Crippen molar-refractivity contribution in [2.75, 3.05) is 0 Å². The van der Waals surface area contributed by atoms with E-state index in [-0.39, 0.29) is 0 Å². The first kappa shape index (κ1) is 9.32. The Hall–Kier alpha value is -1.77. The molecule has 0 unspecified atom stereocenters. The van der Waals surface area contributed by atoms with Crippen molar-refractivity contribution in [3.05, 3.63) is 34.3 Å². The average Bonchev–Trinajstić information content (AvgIpc) is 2.17. The van der Waals surface area contributed by atoms with E-state index in [0.717, 1.165) is 0 Å². The number of carbonyl (C=O) groups is 1. The molecule has 0 N–H and O–H groups in total. The summed E-state index contributed by atoms with van der Waals surface area (Å²) in [6.07, 6.45) is 0.482. The molecule has 3 heteroatoms. The van der Waals surface area contributed by atoms with Crippen LogP contribution < -0.4 is 0 Å². The largest absolute Gasteiger partial charge is 0.289 e. The van der Waals surface area contributed by atoms with E-state index in [9.17, 15) is 4.79 Å². The zero-order valence-corrected chi connectivity index (χ0v) is 7.30. The molecule has 1 aromatic rings. The smallest absolute Gasteiger partial charge is 0.193 e. The fraction of sp³-hybridized carbons (Fsp3) is 0. The first-order chi connectivity index (χ1) is 6.27. The highest BCUT2D eigenvalue weighted by atomic mass is 35.5. The molecule has 0 heterocycles. The molecule has 0 aliphatic carbocycles. The molecular formula is C10H4ClNO. The second-order valence-corrected chi connectivity index (χ2v) is 2.60. The summed E-state index contributed by atoms with van der Waals surface area (Å²) in [5, 5.41) is 9.01. The number of hydrogen-bond acceptors (Lipinski definition) is 2. The number of halogens is 1. The standard InChI is InChI=1S/C10H4ClNO/c11-10-4-3-8(7-12)6-9(10)2-1-5-13/h3-6H. The second-order valence-electron chi connectivity index (χ2n) is 2.19. The molecule has 0 bridgehead atoms. The number of aldehydes is 1. The summed E-state index contributed by atoms with van der Waals surface area (Å²) >= 11 is 5.76. The van der Waals surface area contributed by atoms with Crippen LogP contribution in [-0.4, -0.2) is 6.29 Å². The molecular weight excluding hydrogens is 186 g/mol. The number of carbonyl (C=O) groups excluding carboxylic acids is 1. The lowest BCUT2D eigenvalue weighted by Crippen LogP contribution is -1.80. The summed E-state index contributed by atoms with van der Waals surface area (Å²) < 4.78 is 0. The van der Waals surface area contributed by atoms with Crippen LogP contribution in [0.25, 0.3) is 0 Å². The zero-order valence-electron chi connectivity index (χ0n) is 6.54. The minimum Gasteiger partial charge on any atom is -0.289 e. The molecule has 2 nitrogen and oxygen atoms in total. The van der Waals surface area contributed by atoms with Gasteiger partial charge in [-0.25, -0.2) is 0 Å². The monoisotopic (exact) mass is 189 g/mol. The highest BCUT2D eigenvalue weighted by Gasteiger charge is 1.97. The lowest BCUT2D eigenvalue weighted by Gasteiger charge is -1.94. The molecule has 0 amide bonds. The van der Waals surface area contributed by atoms with Crippen molar-refractivity contribution in [1.82, 2.24) is 0 Å². The van der Waals surface area contributed by atoms with E-state index in [1.807, 2.05) is 6.07 Å². The van der Waals surface area contributed by atoms with Gasteiger partial charge >= 0.3 is 0 Å². The van der Waals surface area contributed by atoms with E-state index in [4.69, 9.17) is 16.9 Å². The Kier molecular flexibility index (Phi) is 3.09. The van der Waals surface area contributed by atoms with Crippen molar-refractivity contribution in [3.8, 4) is 17.9 Å². The average molecular weight is 190 g/mol. The molecule has 62 valence electrons. The molecule has 0 atom stereocenters. The van der Waals surface area contributed by atoms with Crippen LogP contribution in [0.15, 0.2) is 18.2 Å². The van der Waals surface area contributed by atoms with Gasteiger partial charge in [0.05, 0.1) is 16.7 Å². The summed E-state index contributed by atoms with van der Waals surface area (Å²) in [4.78, 5) is 9.96. The van der Waals surface area contributed by atoms with Gasteiger partial charge in [-0.2, -0.15) is 5.26 Å². The van der Waals surface area contributed by atoms with Gasteiger partial charge in [0, 0.05) is 5.56 Å². The van der Waals surface area contributed by atoms with Gasteiger partial charge in [0.2, 0.25) is 0 Å². The van der Waals surface area contributed by atoms with E-state index < -0.39 is 0 Å². The van der Waals surface area contributed by atoms with Crippen molar-refractivity contribution in [2.24, 2.45) is 0 Å². The normalized spacial score (nSPS) is 8.00. The van der Waals surface area contributed by atoms with Crippen LogP contribution in [0, 0.1) is 23.2 Å². The maximum absolute atomic E-state index is 9.96. The predicted molar refractivity (Wildman–Crippen MR) is 49.1 cm³/mol. The molecule has 0 aliphatic heterocycles. The fourth-order valence-corrected chi connectivity index (χ4v) is 0.963. The Morgan fingerprint density at radius 2 is 2.23 bits per heavy atom. The van der Waals surface area contributed by atoms with Gasteiger partial charge < -0.3 is 0 Å². The lowest BCUT2D eigenvalue weighted by molar-refractivity contribution is -0.103. The Balaban J connectivity index is 3.20. The third-order valence-corrected chi connectivity index (χ3v) is 1.69. The van der Waals surface area contributed by atoms with E-state index in [0.29, 0.717) is 22.4 Å². The van der Waals surface area contributed by atoms with Gasteiger partial charge in [-0.3, -0.25) is 4.79 Å². The van der Waals surface area contributed by atoms with Crippen LogP contribution in [0.4, 0.5) is 0 Å². The lowest BCUT2D eigenvalue weighted by atomic mass is 10.1. The van der Waals surface area contributed by atoms with Crippen LogP contribution >= 0.6 is 11.6 Å². The molecule has 13 heavy (non-hydrogen) atoms. The van der Waals surface area contributed by atoms with E-state index in [2.05, 4.69) is 11.8 Å². The van der Waals surface area contributed by atoms with Crippen molar-refractivity contribution >= 4 is 17.9 Å². The molecule has 0 saturated heterocycles. The molecule has 1 rings (SSSR count). The molecule has 0 aliphatic rings. The van der Waals surface area contributed by atoms with Crippen LogP contribution in [0.5, 0.6) is 0 Å². The molecule has 1 aromatic carbocycles. The minimum atomic E-state index is 0.438. The third kappa shape index (κ3) is 2.33. The van der Waals surface area contributed by atoms with Gasteiger partial charge in [0.15, 0.2) is 6.29 Å². The van der Waals surface area contributed by atoms with E-state index in [1.165, 1.54) is 0 Å². The van der Waals surface area contributed by atoms with Crippen molar-refractivity contribution in [1.29, 1.82) is 5.26 Å². The highest BCUT2D eigenvalue weighted by molar-refractivity contribution is 6.31. The first-order valence-corrected chi connectivity index (χ1v) is 3.80. The summed E-state index contributed by atoms with van der Waals surface area (Å²) in [5.74, 6) is 4.77. The van der Waals surface area contributed by atoms with Crippen molar-refractivity contribution in [2.45, 2.75) is 0 Å². The topological polar surface area (TPSA) is 40.9 Å². The Labute approximate surface area is 80.7 Å². The van der Waals surface area contributed by atoms with E-state index in [1.54, 1.807) is 18.2 Å². The summed E-state index contributed by atoms with van der Waals surface area (Å²) in [6, 6.07) is 6.67. The summed E-state index contributed by atoms with van der Waals surface area (Å²) in [7, 11) is 0. The van der Waals surface area contributed by atoms with Crippen LogP contribution in [0.1, 0.15) is 11.1 Å². The van der Waals surface area contributed by atoms with Crippen molar-refractivity contribution in [3.63, 3.8) is 0 Å². The Bertz CT molecular complexity index is 434. The van der Waals surface area contributed by atoms with Crippen LogP contribution in [0.3, 0.4) is 0 Å². The van der Waals surface area contributed by atoms with Gasteiger partial charge in [-0.05, 0) is 24.1 Å². The number of rotatable bonds is 0. The zero-order chi connectivity index (χ0) is 9.68. The van der Waals surface area contributed by atoms with Gasteiger partial charge in [-0.1, -0.05) is 17.5 Å². The third-order valence-electron chi connectivity index (χ3n) is 1.36. The maximum atomic E-state index is 9.96. The molecule has 0 spiro atoms. The van der Waals surface area contributed by atoms with Gasteiger partial charge in [0.25, 0.3) is 0 Å². The number of benzene rings is 1. The number of nitrogens with zero attached hydrogens (tertiary/aromatic N) is 1. The Morgan fingerprint density at radius 1 is 1.46 bits per heavy atom. The molecule has 0 fully saturated rings. The summed E-state index contributed by atoms with van der Waals surface area (Å²) in [5.41, 5.74) is 0.965. The first-order valence-electron chi connectivity index (χ1n) is 3.43. The highest BCUT2D eigenvalue weighted by Crippen LogP contribution is 2.15. The molecule has 0 aromatic heterocycles. The van der Waals surface area contributed by atoms with Crippen molar-refractivity contribution < 1.29 is 4.79 Å². The Morgan fingerprint density at radius 3 is 2.85 bits per heavy atom. The SMILES string of the molecule is N#Cc1ccc(Cl)c(C#CC=O)c1. The van der Waals surface area contributed by atoms with E-state index >= 15 is 0 Å². The van der Waals surface area contributed by atoms with Crippen LogP contribution in [-0.2, 0) is 4.79 Å². The van der Waals surface area contributed by atoms with Crippen LogP contribution in [0.2, 0.25) is 5.02 Å². The maximum Gasteiger partial charge on any atom is 0.193 e. The summed E-state index contributed by atoms with van der Waals surface area (Å²) in [6.45, 7) is 0. The number of nitriles is 1.